The molecule has 1 aliphatic carbocycles. The van der Waals surface area contributed by atoms with E-state index in [2.05, 4.69) is 25.1 Å². The summed E-state index contributed by atoms with van der Waals surface area (Å²) in [6, 6.07) is 9.64. The molecule has 4 rings (SSSR count). The van der Waals surface area contributed by atoms with Crippen LogP contribution in [0.15, 0.2) is 42.7 Å². The molecule has 2 heterocycles. The number of amides is 1. The molecule has 0 spiro atoms. The number of nitrogens with zero attached hydrogens (tertiary/aromatic N) is 4. The van der Waals surface area contributed by atoms with Gasteiger partial charge in [0.2, 0.25) is 11.9 Å². The number of nitrogens with one attached hydrogen (secondary N) is 1. The van der Waals surface area contributed by atoms with E-state index >= 15 is 0 Å². The van der Waals surface area contributed by atoms with Crippen molar-refractivity contribution in [2.45, 2.75) is 31.1 Å². The summed E-state index contributed by atoms with van der Waals surface area (Å²) in [7, 11) is 0. The van der Waals surface area contributed by atoms with Crippen LogP contribution in [0.5, 0.6) is 0 Å². The molecule has 0 bridgehead atoms. The van der Waals surface area contributed by atoms with E-state index in [1.165, 1.54) is 0 Å². The topological polar surface area (TPSA) is 61.4 Å². The number of piperazine rings is 1. The van der Waals surface area contributed by atoms with Gasteiger partial charge in [0.05, 0.1) is 5.41 Å². The van der Waals surface area contributed by atoms with Crippen molar-refractivity contribution in [3.8, 4) is 0 Å². The van der Waals surface area contributed by atoms with Gasteiger partial charge in [0.15, 0.2) is 0 Å². The Kier molecular flexibility index (Phi) is 6.31. The molecule has 1 aromatic carbocycles. The van der Waals surface area contributed by atoms with Crippen molar-refractivity contribution in [2.75, 3.05) is 44.2 Å². The smallest absolute Gasteiger partial charge is 0.230 e. The maximum absolute atomic E-state index is 13.1. The number of rotatable bonds is 6. The van der Waals surface area contributed by atoms with E-state index in [0.717, 1.165) is 69.9 Å². The number of benzene rings is 1. The summed E-state index contributed by atoms with van der Waals surface area (Å²) in [6.45, 7) is 5.27. The first-order valence-electron chi connectivity index (χ1n) is 10.5. The second-order valence-corrected chi connectivity index (χ2v) is 8.37. The molecule has 1 aliphatic heterocycles. The third kappa shape index (κ3) is 4.54. The Morgan fingerprint density at radius 3 is 2.34 bits per heavy atom. The number of aromatic nitrogens is 2. The first-order valence-corrected chi connectivity index (χ1v) is 10.8. The molecule has 1 amide bonds. The lowest BCUT2D eigenvalue weighted by atomic mass is 9.78. The summed E-state index contributed by atoms with van der Waals surface area (Å²) in [5.41, 5.74) is 0.696. The molecule has 7 heteroatoms. The van der Waals surface area contributed by atoms with E-state index in [-0.39, 0.29) is 5.91 Å². The summed E-state index contributed by atoms with van der Waals surface area (Å²) in [6.07, 6.45) is 7.58. The predicted octanol–water partition coefficient (Wildman–Crippen LogP) is 2.88. The van der Waals surface area contributed by atoms with Crippen molar-refractivity contribution in [3.05, 3.63) is 53.3 Å². The maximum atomic E-state index is 13.1. The summed E-state index contributed by atoms with van der Waals surface area (Å²) in [5, 5.41) is 3.93. The number of carbonyl (C=O) groups excluding carboxylic acids is 1. The lowest BCUT2D eigenvalue weighted by Gasteiger charge is -2.35. The summed E-state index contributed by atoms with van der Waals surface area (Å²) >= 11 is 6.04. The van der Waals surface area contributed by atoms with Crippen molar-refractivity contribution in [3.63, 3.8) is 0 Å². The normalized spacial score (nSPS) is 19.3. The summed E-state index contributed by atoms with van der Waals surface area (Å²) in [5.74, 6) is 0.959. The van der Waals surface area contributed by atoms with Crippen LogP contribution < -0.4 is 10.2 Å². The van der Waals surface area contributed by atoms with Gasteiger partial charge in [-0.05, 0) is 36.6 Å². The van der Waals surface area contributed by atoms with Gasteiger partial charge in [0, 0.05) is 56.7 Å². The average molecular weight is 414 g/mol. The van der Waals surface area contributed by atoms with Crippen molar-refractivity contribution in [1.82, 2.24) is 20.2 Å². The highest BCUT2D eigenvalue weighted by atomic mass is 35.5. The first kappa shape index (κ1) is 20.1. The molecule has 6 nitrogen and oxygen atoms in total. The maximum Gasteiger partial charge on any atom is 0.230 e. The molecule has 0 atom stereocenters. The first-order chi connectivity index (χ1) is 14.2. The SMILES string of the molecule is O=C(NCCN1CCN(c2ncccn2)CC1)C1(c2ccc(Cl)cc2)CCCC1. The molecule has 154 valence electrons. The highest BCUT2D eigenvalue weighted by Crippen LogP contribution is 2.41. The molecule has 2 aromatic rings. The molecular weight excluding hydrogens is 386 g/mol. The van der Waals surface area contributed by atoms with Gasteiger partial charge in [0.1, 0.15) is 0 Å². The van der Waals surface area contributed by atoms with Gasteiger partial charge in [-0.1, -0.05) is 36.6 Å². The van der Waals surface area contributed by atoms with Crippen molar-refractivity contribution in [1.29, 1.82) is 0 Å². The second-order valence-electron chi connectivity index (χ2n) is 7.93. The number of carbonyl (C=O) groups is 1. The minimum Gasteiger partial charge on any atom is -0.354 e. The molecule has 1 N–H and O–H groups in total. The zero-order valence-electron chi connectivity index (χ0n) is 16.7. The lowest BCUT2D eigenvalue weighted by molar-refractivity contribution is -0.126. The van der Waals surface area contributed by atoms with Gasteiger partial charge in [-0.3, -0.25) is 9.69 Å². The molecule has 0 radical (unpaired) electrons. The molecule has 2 fully saturated rings. The number of halogens is 1. The average Bonchev–Trinajstić information content (AvgIpc) is 3.26. The van der Waals surface area contributed by atoms with Crippen molar-refractivity contribution >= 4 is 23.5 Å². The van der Waals surface area contributed by atoms with Gasteiger partial charge in [-0.2, -0.15) is 0 Å². The van der Waals surface area contributed by atoms with Crippen LogP contribution in [0.1, 0.15) is 31.2 Å². The standard InChI is InChI=1S/C22H28ClN5O/c23-19-6-4-18(5-7-19)22(8-1-2-9-22)20(29)24-12-13-27-14-16-28(17-15-27)21-25-10-3-11-26-21/h3-7,10-11H,1-2,8-9,12-17H2,(H,24,29). The highest BCUT2D eigenvalue weighted by molar-refractivity contribution is 6.30. The monoisotopic (exact) mass is 413 g/mol. The lowest BCUT2D eigenvalue weighted by Crippen LogP contribution is -2.50. The van der Waals surface area contributed by atoms with E-state index in [1.807, 2.05) is 30.3 Å². The largest absolute Gasteiger partial charge is 0.354 e. The fourth-order valence-electron chi connectivity index (χ4n) is 4.52. The van der Waals surface area contributed by atoms with E-state index in [4.69, 9.17) is 11.6 Å². The molecule has 1 aromatic heterocycles. The van der Waals surface area contributed by atoms with Gasteiger partial charge in [-0.25, -0.2) is 9.97 Å². The Labute approximate surface area is 177 Å². The number of hydrogen-bond donors (Lipinski definition) is 1. The van der Waals surface area contributed by atoms with Crippen LogP contribution in [-0.2, 0) is 10.2 Å². The van der Waals surface area contributed by atoms with Crippen molar-refractivity contribution in [2.24, 2.45) is 0 Å². The molecule has 1 saturated heterocycles. The van der Waals surface area contributed by atoms with Crippen LogP contribution in [-0.4, -0.2) is 60.0 Å². The quantitative estimate of drug-likeness (QED) is 0.789. The number of anilines is 1. The Morgan fingerprint density at radius 1 is 1.03 bits per heavy atom. The molecule has 2 aliphatic rings. The fourth-order valence-corrected chi connectivity index (χ4v) is 4.64. The second kappa shape index (κ2) is 9.09. The van der Waals surface area contributed by atoms with E-state index < -0.39 is 5.41 Å². The van der Waals surface area contributed by atoms with Crippen LogP contribution in [0.4, 0.5) is 5.95 Å². The summed E-state index contributed by atoms with van der Waals surface area (Å²) in [4.78, 5) is 26.4. The number of hydrogen-bond acceptors (Lipinski definition) is 5. The van der Waals surface area contributed by atoms with Crippen LogP contribution in [0.25, 0.3) is 0 Å². The Morgan fingerprint density at radius 2 is 1.69 bits per heavy atom. The minimum absolute atomic E-state index is 0.161. The Balaban J connectivity index is 1.28. The van der Waals surface area contributed by atoms with Gasteiger partial charge in [-0.15, -0.1) is 0 Å². The highest BCUT2D eigenvalue weighted by Gasteiger charge is 2.42. The van der Waals surface area contributed by atoms with Gasteiger partial charge in [0.25, 0.3) is 0 Å². The summed E-state index contributed by atoms with van der Waals surface area (Å²) < 4.78 is 0. The predicted molar refractivity (Wildman–Crippen MR) is 115 cm³/mol. The van der Waals surface area contributed by atoms with E-state index in [9.17, 15) is 4.79 Å². The van der Waals surface area contributed by atoms with E-state index in [0.29, 0.717) is 11.6 Å². The Bertz CT molecular complexity index is 800. The van der Waals surface area contributed by atoms with Crippen LogP contribution in [0.2, 0.25) is 5.02 Å². The zero-order valence-corrected chi connectivity index (χ0v) is 17.4. The van der Waals surface area contributed by atoms with Crippen LogP contribution in [0.3, 0.4) is 0 Å². The molecular formula is C22H28ClN5O. The molecule has 1 saturated carbocycles. The third-order valence-electron chi connectivity index (χ3n) is 6.21. The van der Waals surface area contributed by atoms with Gasteiger partial charge < -0.3 is 10.2 Å². The molecule has 0 unspecified atom stereocenters. The Hall–Kier alpha value is -2.18. The zero-order chi connectivity index (χ0) is 20.1. The minimum atomic E-state index is -0.395. The molecule has 29 heavy (non-hydrogen) atoms. The van der Waals surface area contributed by atoms with Crippen molar-refractivity contribution < 1.29 is 4.79 Å². The van der Waals surface area contributed by atoms with Crippen LogP contribution >= 0.6 is 11.6 Å². The third-order valence-corrected chi connectivity index (χ3v) is 6.46. The van der Waals surface area contributed by atoms with Gasteiger partial charge >= 0.3 is 0 Å². The van der Waals surface area contributed by atoms with Crippen LogP contribution in [0, 0.1) is 0 Å². The van der Waals surface area contributed by atoms with E-state index in [1.54, 1.807) is 12.4 Å². The fraction of sp³-hybridized carbons (Fsp3) is 0.500.